The SMILES string of the molecule is Cc1oc(-c2cccs2)nc1CC(=O)OCC(=O)N1CCN(c2ccc([N+](=O)[O-])cc2)CC1. The van der Waals surface area contributed by atoms with Gasteiger partial charge in [-0.05, 0) is 30.5 Å². The molecule has 2 aromatic heterocycles. The molecule has 1 aliphatic rings. The van der Waals surface area contributed by atoms with Crippen molar-refractivity contribution in [2.24, 2.45) is 0 Å². The van der Waals surface area contributed by atoms with Crippen LogP contribution in [-0.4, -0.2) is 59.5 Å². The number of thiophene rings is 1. The Labute approximate surface area is 193 Å². The van der Waals surface area contributed by atoms with Crippen molar-refractivity contribution >= 4 is 34.6 Å². The highest BCUT2D eigenvalue weighted by molar-refractivity contribution is 7.13. The van der Waals surface area contributed by atoms with Gasteiger partial charge in [0.1, 0.15) is 5.76 Å². The van der Waals surface area contributed by atoms with Crippen LogP contribution in [0.15, 0.2) is 46.2 Å². The molecule has 33 heavy (non-hydrogen) atoms. The van der Waals surface area contributed by atoms with Crippen molar-refractivity contribution < 1.29 is 23.7 Å². The molecule has 0 N–H and O–H groups in total. The van der Waals surface area contributed by atoms with Gasteiger partial charge in [0.05, 0.1) is 21.9 Å². The number of aromatic nitrogens is 1. The second-order valence-corrected chi connectivity index (χ2v) is 8.43. The van der Waals surface area contributed by atoms with E-state index in [2.05, 4.69) is 9.88 Å². The summed E-state index contributed by atoms with van der Waals surface area (Å²) in [5.41, 5.74) is 1.40. The van der Waals surface area contributed by atoms with Crippen LogP contribution >= 0.6 is 11.3 Å². The molecule has 1 amide bonds. The lowest BCUT2D eigenvalue weighted by atomic mass is 10.2. The Kier molecular flexibility index (Phi) is 6.68. The number of hydrogen-bond acceptors (Lipinski definition) is 9. The third-order valence-corrected chi connectivity index (χ3v) is 6.21. The number of esters is 1. The summed E-state index contributed by atoms with van der Waals surface area (Å²) in [6, 6.07) is 10.1. The number of ether oxygens (including phenoxy) is 1. The molecule has 11 heteroatoms. The standard InChI is InChI=1S/C22H22N4O6S/c1-15-18(23-22(32-15)19-3-2-12-33-19)13-21(28)31-14-20(27)25-10-8-24(9-11-25)16-4-6-17(7-5-16)26(29)30/h2-7,12H,8-11,13-14H2,1H3. The zero-order chi connectivity index (χ0) is 23.4. The largest absolute Gasteiger partial charge is 0.455 e. The number of nitro benzene ring substituents is 1. The van der Waals surface area contributed by atoms with Crippen LogP contribution in [0.3, 0.4) is 0 Å². The zero-order valence-electron chi connectivity index (χ0n) is 17.9. The van der Waals surface area contributed by atoms with Crippen molar-refractivity contribution in [3.8, 4) is 10.8 Å². The third-order valence-electron chi connectivity index (χ3n) is 5.35. The van der Waals surface area contributed by atoms with Crippen LogP contribution in [0.4, 0.5) is 11.4 Å². The summed E-state index contributed by atoms with van der Waals surface area (Å²) in [5.74, 6) is 0.209. The summed E-state index contributed by atoms with van der Waals surface area (Å²) >= 11 is 1.49. The van der Waals surface area contributed by atoms with Gasteiger partial charge in [0.15, 0.2) is 6.61 Å². The first-order valence-corrected chi connectivity index (χ1v) is 11.2. The Morgan fingerprint density at radius 1 is 1.18 bits per heavy atom. The topological polar surface area (TPSA) is 119 Å². The minimum absolute atomic E-state index is 0.0398. The van der Waals surface area contributed by atoms with Crippen LogP contribution in [-0.2, 0) is 20.7 Å². The van der Waals surface area contributed by atoms with Gasteiger partial charge < -0.3 is 19.0 Å². The second kappa shape index (κ2) is 9.82. The molecule has 10 nitrogen and oxygen atoms in total. The van der Waals surface area contributed by atoms with Gasteiger partial charge >= 0.3 is 5.97 Å². The molecule has 4 rings (SSSR count). The number of nitrogens with zero attached hydrogens (tertiary/aromatic N) is 4. The summed E-state index contributed by atoms with van der Waals surface area (Å²) in [6.07, 6.45) is -0.0675. The van der Waals surface area contributed by atoms with E-state index in [9.17, 15) is 19.7 Å². The molecule has 3 aromatic rings. The van der Waals surface area contributed by atoms with Gasteiger partial charge in [0, 0.05) is 44.0 Å². The fraction of sp³-hybridized carbons (Fsp3) is 0.318. The smallest absolute Gasteiger partial charge is 0.312 e. The van der Waals surface area contributed by atoms with Crippen LogP contribution in [0.25, 0.3) is 10.8 Å². The van der Waals surface area contributed by atoms with Gasteiger partial charge in [-0.25, -0.2) is 4.98 Å². The molecule has 0 atom stereocenters. The molecule has 1 aromatic carbocycles. The van der Waals surface area contributed by atoms with Gasteiger partial charge in [-0.15, -0.1) is 11.3 Å². The first kappa shape index (κ1) is 22.5. The van der Waals surface area contributed by atoms with Crippen molar-refractivity contribution in [3.05, 3.63) is 63.3 Å². The van der Waals surface area contributed by atoms with E-state index in [-0.39, 0.29) is 24.6 Å². The van der Waals surface area contributed by atoms with E-state index in [1.54, 1.807) is 24.0 Å². The minimum atomic E-state index is -0.540. The maximum atomic E-state index is 12.5. The molecule has 1 saturated heterocycles. The van der Waals surface area contributed by atoms with E-state index in [1.165, 1.54) is 23.5 Å². The zero-order valence-corrected chi connectivity index (χ0v) is 18.7. The predicted octanol–water partition coefficient (Wildman–Crippen LogP) is 3.05. The molecular formula is C22H22N4O6S. The van der Waals surface area contributed by atoms with Gasteiger partial charge in [-0.2, -0.15) is 0 Å². The lowest BCUT2D eigenvalue weighted by Crippen LogP contribution is -2.49. The number of rotatable bonds is 7. The monoisotopic (exact) mass is 470 g/mol. The molecule has 1 aliphatic heterocycles. The Hall–Kier alpha value is -3.73. The average molecular weight is 471 g/mol. The van der Waals surface area contributed by atoms with E-state index in [0.717, 1.165) is 10.6 Å². The Morgan fingerprint density at radius 3 is 2.55 bits per heavy atom. The number of hydrogen-bond donors (Lipinski definition) is 0. The molecular weight excluding hydrogens is 448 g/mol. The number of carbonyl (C=O) groups excluding carboxylic acids is 2. The third kappa shape index (κ3) is 5.37. The Bertz CT molecular complexity index is 1130. The summed E-state index contributed by atoms with van der Waals surface area (Å²) in [6.45, 7) is 3.52. The molecule has 0 radical (unpaired) electrons. The quantitative estimate of drug-likeness (QED) is 0.294. The maximum absolute atomic E-state index is 12.5. The van der Waals surface area contributed by atoms with Crippen LogP contribution in [0.1, 0.15) is 11.5 Å². The summed E-state index contributed by atoms with van der Waals surface area (Å²) in [4.78, 5) is 44.0. The molecule has 3 heterocycles. The van der Waals surface area contributed by atoms with E-state index >= 15 is 0 Å². The van der Waals surface area contributed by atoms with Gasteiger partial charge in [0.2, 0.25) is 5.89 Å². The van der Waals surface area contributed by atoms with Crippen LogP contribution in [0, 0.1) is 17.0 Å². The molecule has 0 aliphatic carbocycles. The molecule has 1 fully saturated rings. The predicted molar refractivity (Wildman–Crippen MR) is 121 cm³/mol. The first-order valence-electron chi connectivity index (χ1n) is 10.3. The Balaban J connectivity index is 1.23. The minimum Gasteiger partial charge on any atom is -0.455 e. The molecule has 0 unspecified atom stereocenters. The number of carbonyl (C=O) groups is 2. The van der Waals surface area contributed by atoms with Crippen molar-refractivity contribution in [2.45, 2.75) is 13.3 Å². The number of piperazine rings is 1. The Morgan fingerprint density at radius 2 is 1.91 bits per heavy atom. The number of oxazole rings is 1. The molecule has 0 spiro atoms. The number of non-ortho nitro benzene ring substituents is 1. The van der Waals surface area contributed by atoms with E-state index in [0.29, 0.717) is 43.5 Å². The molecule has 172 valence electrons. The highest BCUT2D eigenvalue weighted by Gasteiger charge is 2.23. The second-order valence-electron chi connectivity index (χ2n) is 7.48. The van der Waals surface area contributed by atoms with Gasteiger partial charge in [0.25, 0.3) is 11.6 Å². The first-order chi connectivity index (χ1) is 15.9. The number of aryl methyl sites for hydroxylation is 1. The maximum Gasteiger partial charge on any atom is 0.312 e. The van der Waals surface area contributed by atoms with Crippen molar-refractivity contribution in [2.75, 3.05) is 37.7 Å². The average Bonchev–Trinajstić information content (AvgIpc) is 3.48. The summed E-state index contributed by atoms with van der Waals surface area (Å²) in [5, 5.41) is 12.7. The lowest BCUT2D eigenvalue weighted by Gasteiger charge is -2.36. The van der Waals surface area contributed by atoms with E-state index < -0.39 is 10.9 Å². The van der Waals surface area contributed by atoms with Crippen LogP contribution < -0.4 is 4.90 Å². The normalized spacial score (nSPS) is 13.7. The highest BCUT2D eigenvalue weighted by Crippen LogP contribution is 2.26. The van der Waals surface area contributed by atoms with Crippen molar-refractivity contribution in [3.63, 3.8) is 0 Å². The fourth-order valence-corrected chi connectivity index (χ4v) is 4.17. The van der Waals surface area contributed by atoms with E-state index in [4.69, 9.17) is 9.15 Å². The number of amides is 1. The molecule has 0 saturated carbocycles. The van der Waals surface area contributed by atoms with Crippen LogP contribution in [0.2, 0.25) is 0 Å². The van der Waals surface area contributed by atoms with Gasteiger partial charge in [-0.3, -0.25) is 19.7 Å². The number of anilines is 1. The number of benzene rings is 1. The fourth-order valence-electron chi connectivity index (χ4n) is 3.52. The van der Waals surface area contributed by atoms with Crippen molar-refractivity contribution in [1.29, 1.82) is 0 Å². The van der Waals surface area contributed by atoms with Crippen molar-refractivity contribution in [1.82, 2.24) is 9.88 Å². The van der Waals surface area contributed by atoms with Gasteiger partial charge in [-0.1, -0.05) is 6.07 Å². The summed E-state index contributed by atoms with van der Waals surface area (Å²) in [7, 11) is 0. The number of nitro groups is 1. The van der Waals surface area contributed by atoms with E-state index in [1.807, 2.05) is 17.5 Å². The summed E-state index contributed by atoms with van der Waals surface area (Å²) < 4.78 is 10.8. The lowest BCUT2D eigenvalue weighted by molar-refractivity contribution is -0.384. The van der Waals surface area contributed by atoms with Crippen LogP contribution in [0.5, 0.6) is 0 Å². The highest BCUT2D eigenvalue weighted by atomic mass is 32.1. The molecule has 0 bridgehead atoms.